The maximum atomic E-state index is 12.5. The molecule has 0 radical (unpaired) electrons. The van der Waals surface area contributed by atoms with Gasteiger partial charge in [-0.3, -0.25) is 9.79 Å². The number of Topliss-reactive ketones (excluding diaryl/α,β-unsaturated/α-hetero) is 1. The van der Waals surface area contributed by atoms with Crippen molar-refractivity contribution >= 4 is 17.3 Å². The second-order valence-electron chi connectivity index (χ2n) is 4.86. The number of amidine groups is 1. The Kier molecular flexibility index (Phi) is 3.96. The van der Waals surface area contributed by atoms with Gasteiger partial charge in [0.25, 0.3) is 0 Å². The Bertz CT molecular complexity index is 638. The fourth-order valence-corrected chi connectivity index (χ4v) is 2.31. The molecule has 1 aliphatic rings. The summed E-state index contributed by atoms with van der Waals surface area (Å²) in [7, 11) is 0. The van der Waals surface area contributed by atoms with E-state index in [0.717, 1.165) is 12.2 Å². The number of aliphatic imine (C=N–C) groups is 1. The van der Waals surface area contributed by atoms with Crippen LogP contribution in [-0.4, -0.2) is 36.3 Å². The van der Waals surface area contributed by atoms with Crippen molar-refractivity contribution in [3.63, 3.8) is 0 Å². The smallest absolute Gasteiger partial charge is 0.227 e. The lowest BCUT2D eigenvalue weighted by atomic mass is 10.1. The van der Waals surface area contributed by atoms with Gasteiger partial charge in [0.1, 0.15) is 0 Å². The molecular formula is C17H17N3O. The number of rotatable bonds is 5. The lowest BCUT2D eigenvalue weighted by molar-refractivity contribution is 0.105. The van der Waals surface area contributed by atoms with E-state index < -0.39 is 0 Å². The van der Waals surface area contributed by atoms with Gasteiger partial charge in [-0.05, 0) is 12.1 Å². The number of carbonyl (C=O) groups is 1. The van der Waals surface area contributed by atoms with E-state index in [1.165, 1.54) is 0 Å². The first-order valence-corrected chi connectivity index (χ1v) is 7.02. The topological polar surface area (TPSA) is 44.7 Å². The second-order valence-corrected chi connectivity index (χ2v) is 4.86. The molecule has 1 N–H and O–H groups in total. The Morgan fingerprint density at radius 1 is 1.05 bits per heavy atom. The number of benzene rings is 2. The summed E-state index contributed by atoms with van der Waals surface area (Å²) in [6.45, 7) is 2.03. The number of para-hydroxylation sites is 1. The Morgan fingerprint density at radius 3 is 2.43 bits per heavy atom. The van der Waals surface area contributed by atoms with Crippen molar-refractivity contribution in [2.24, 2.45) is 4.99 Å². The van der Waals surface area contributed by atoms with E-state index in [2.05, 4.69) is 10.3 Å². The van der Waals surface area contributed by atoms with Gasteiger partial charge in [-0.25, -0.2) is 0 Å². The monoisotopic (exact) mass is 279 g/mol. The van der Waals surface area contributed by atoms with Gasteiger partial charge in [-0.1, -0.05) is 48.5 Å². The molecule has 2 aromatic rings. The number of hydrogen-bond acceptors (Lipinski definition) is 4. The molecule has 0 spiro atoms. The zero-order valence-corrected chi connectivity index (χ0v) is 11.7. The molecule has 2 aromatic carbocycles. The molecule has 0 atom stereocenters. The highest BCUT2D eigenvalue weighted by atomic mass is 16.1. The minimum Gasteiger partial charge on any atom is -0.368 e. The molecule has 4 nitrogen and oxygen atoms in total. The first kappa shape index (κ1) is 13.4. The van der Waals surface area contributed by atoms with Gasteiger partial charge in [0, 0.05) is 17.8 Å². The van der Waals surface area contributed by atoms with Crippen LogP contribution in [-0.2, 0) is 0 Å². The minimum absolute atomic E-state index is 0.0111. The van der Waals surface area contributed by atoms with Crippen molar-refractivity contribution in [1.82, 2.24) is 4.90 Å². The van der Waals surface area contributed by atoms with Gasteiger partial charge < -0.3 is 10.2 Å². The summed E-state index contributed by atoms with van der Waals surface area (Å²) < 4.78 is 0. The molecule has 0 fully saturated rings. The maximum absolute atomic E-state index is 12.5. The lowest BCUT2D eigenvalue weighted by Crippen LogP contribution is -2.37. The minimum atomic E-state index is -0.0111. The van der Waals surface area contributed by atoms with Crippen LogP contribution < -0.4 is 5.32 Å². The van der Waals surface area contributed by atoms with Crippen LogP contribution in [0.5, 0.6) is 0 Å². The SMILES string of the molecule is O=C(C1=NCCN1CNc1ccccc1)c1ccccc1. The predicted octanol–water partition coefficient (Wildman–Crippen LogP) is 2.65. The molecule has 21 heavy (non-hydrogen) atoms. The van der Waals surface area contributed by atoms with Crippen molar-refractivity contribution in [1.29, 1.82) is 0 Å². The number of nitrogens with zero attached hydrogens (tertiary/aromatic N) is 2. The summed E-state index contributed by atoms with van der Waals surface area (Å²) in [5, 5.41) is 3.32. The Hall–Kier alpha value is -2.62. The van der Waals surface area contributed by atoms with Crippen LogP contribution in [0.1, 0.15) is 10.4 Å². The fourth-order valence-electron chi connectivity index (χ4n) is 2.31. The van der Waals surface area contributed by atoms with Crippen molar-refractivity contribution in [2.45, 2.75) is 0 Å². The van der Waals surface area contributed by atoms with Crippen molar-refractivity contribution in [3.05, 3.63) is 66.2 Å². The number of hydrogen-bond donors (Lipinski definition) is 1. The second kappa shape index (κ2) is 6.22. The Balaban J connectivity index is 1.67. The standard InChI is InChI=1S/C17H17N3O/c21-16(14-7-3-1-4-8-14)17-18-11-12-20(17)13-19-15-9-5-2-6-10-15/h1-10,19H,11-13H2. The third kappa shape index (κ3) is 3.11. The number of nitrogens with one attached hydrogen (secondary N) is 1. The van der Waals surface area contributed by atoms with Gasteiger partial charge in [-0.2, -0.15) is 0 Å². The molecule has 0 bridgehead atoms. The maximum Gasteiger partial charge on any atom is 0.227 e. The van der Waals surface area contributed by atoms with Crippen molar-refractivity contribution in [3.8, 4) is 0 Å². The summed E-state index contributed by atoms with van der Waals surface area (Å²) in [5.41, 5.74) is 1.72. The van der Waals surface area contributed by atoms with E-state index in [-0.39, 0.29) is 5.78 Å². The van der Waals surface area contributed by atoms with E-state index in [1.54, 1.807) is 0 Å². The largest absolute Gasteiger partial charge is 0.368 e. The van der Waals surface area contributed by atoms with E-state index in [1.807, 2.05) is 65.6 Å². The van der Waals surface area contributed by atoms with Crippen LogP contribution in [0.4, 0.5) is 5.69 Å². The van der Waals surface area contributed by atoms with E-state index in [0.29, 0.717) is 24.6 Å². The molecule has 0 saturated carbocycles. The quantitative estimate of drug-likeness (QED) is 0.856. The van der Waals surface area contributed by atoms with Crippen molar-refractivity contribution in [2.75, 3.05) is 25.1 Å². The normalized spacial score (nSPS) is 13.9. The lowest BCUT2D eigenvalue weighted by Gasteiger charge is -2.20. The highest BCUT2D eigenvalue weighted by molar-refractivity contribution is 6.45. The van der Waals surface area contributed by atoms with Crippen LogP contribution >= 0.6 is 0 Å². The summed E-state index contributed by atoms with van der Waals surface area (Å²) in [6, 6.07) is 19.3. The third-order valence-electron chi connectivity index (χ3n) is 3.42. The molecule has 3 rings (SSSR count). The van der Waals surface area contributed by atoms with Crippen LogP contribution in [0.2, 0.25) is 0 Å². The number of carbonyl (C=O) groups excluding carboxylic acids is 1. The number of ketones is 1. The summed E-state index contributed by atoms with van der Waals surface area (Å²) >= 11 is 0. The summed E-state index contributed by atoms with van der Waals surface area (Å²) in [5.74, 6) is 0.535. The molecule has 0 aliphatic carbocycles. The molecule has 0 aromatic heterocycles. The predicted molar refractivity (Wildman–Crippen MR) is 84.7 cm³/mol. The van der Waals surface area contributed by atoms with Gasteiger partial charge in [0.15, 0.2) is 5.84 Å². The number of anilines is 1. The van der Waals surface area contributed by atoms with Gasteiger partial charge in [0.2, 0.25) is 5.78 Å². The molecular weight excluding hydrogens is 262 g/mol. The molecule has 0 unspecified atom stereocenters. The zero-order valence-electron chi connectivity index (χ0n) is 11.7. The average Bonchev–Trinajstić information content (AvgIpc) is 3.02. The molecule has 0 saturated heterocycles. The molecule has 0 amide bonds. The highest BCUT2D eigenvalue weighted by Crippen LogP contribution is 2.11. The first-order valence-electron chi connectivity index (χ1n) is 7.02. The average molecular weight is 279 g/mol. The van der Waals surface area contributed by atoms with Crippen molar-refractivity contribution < 1.29 is 4.79 Å². The first-order chi connectivity index (χ1) is 10.3. The Labute approximate surface area is 124 Å². The van der Waals surface area contributed by atoms with Crippen LogP contribution in [0.25, 0.3) is 0 Å². The molecule has 1 aliphatic heterocycles. The third-order valence-corrected chi connectivity index (χ3v) is 3.42. The zero-order chi connectivity index (χ0) is 14.5. The van der Waals surface area contributed by atoms with Gasteiger partial charge in [0.05, 0.1) is 13.2 Å². The highest BCUT2D eigenvalue weighted by Gasteiger charge is 2.24. The van der Waals surface area contributed by atoms with Crippen LogP contribution in [0.3, 0.4) is 0 Å². The summed E-state index contributed by atoms with van der Waals surface area (Å²) in [6.07, 6.45) is 0. The van der Waals surface area contributed by atoms with E-state index in [9.17, 15) is 4.79 Å². The van der Waals surface area contributed by atoms with Crippen LogP contribution in [0.15, 0.2) is 65.7 Å². The molecule has 1 heterocycles. The van der Waals surface area contributed by atoms with E-state index in [4.69, 9.17) is 0 Å². The van der Waals surface area contributed by atoms with E-state index >= 15 is 0 Å². The van der Waals surface area contributed by atoms with Gasteiger partial charge in [-0.15, -0.1) is 0 Å². The van der Waals surface area contributed by atoms with Gasteiger partial charge >= 0.3 is 0 Å². The van der Waals surface area contributed by atoms with Crippen LogP contribution in [0, 0.1) is 0 Å². The molecule has 106 valence electrons. The fraction of sp³-hybridized carbons (Fsp3) is 0.176. The Morgan fingerprint density at radius 2 is 1.71 bits per heavy atom. The summed E-state index contributed by atoms with van der Waals surface area (Å²) in [4.78, 5) is 18.8. The molecule has 4 heteroatoms.